The molecule has 6 heteroatoms. The number of aryl methyl sites for hydroxylation is 1. The largest absolute Gasteiger partial charge is 0.349 e. The van der Waals surface area contributed by atoms with Crippen molar-refractivity contribution in [1.29, 1.82) is 0 Å². The zero-order valence-corrected chi connectivity index (χ0v) is 12.3. The second kappa shape index (κ2) is 5.69. The molecule has 1 aromatic heterocycles. The zero-order valence-electron chi connectivity index (χ0n) is 11.5. The van der Waals surface area contributed by atoms with Gasteiger partial charge in [0.05, 0.1) is 12.5 Å². The van der Waals surface area contributed by atoms with E-state index in [4.69, 9.17) is 0 Å². The van der Waals surface area contributed by atoms with Gasteiger partial charge in [0.1, 0.15) is 5.01 Å². The molecule has 0 radical (unpaired) electrons. The van der Waals surface area contributed by atoms with Crippen molar-refractivity contribution in [3.63, 3.8) is 0 Å². The van der Waals surface area contributed by atoms with Gasteiger partial charge in [0.25, 0.3) is 0 Å². The van der Waals surface area contributed by atoms with Gasteiger partial charge in [-0.3, -0.25) is 9.59 Å². The Bertz CT molecular complexity index is 484. The van der Waals surface area contributed by atoms with E-state index in [1.54, 1.807) is 4.90 Å². The van der Waals surface area contributed by atoms with Gasteiger partial charge in [0, 0.05) is 30.1 Å². The molecular formula is C13H19N3O2S. The number of carbonyl (C=O) groups excluding carboxylic acids is 2. The Labute approximate surface area is 117 Å². The first-order chi connectivity index (χ1) is 8.97. The monoisotopic (exact) mass is 281 g/mol. The average molecular weight is 281 g/mol. The molecule has 0 saturated carbocycles. The molecule has 104 valence electrons. The number of hydrogen-bond donors (Lipinski definition) is 1. The van der Waals surface area contributed by atoms with Crippen molar-refractivity contribution in [2.75, 3.05) is 6.54 Å². The minimum atomic E-state index is -0.226. The molecule has 1 aromatic rings. The number of likely N-dealkylation sites (tertiary alicyclic amines) is 1. The fourth-order valence-electron chi connectivity index (χ4n) is 2.20. The van der Waals surface area contributed by atoms with E-state index in [-0.39, 0.29) is 23.8 Å². The van der Waals surface area contributed by atoms with Crippen LogP contribution in [0.25, 0.3) is 0 Å². The van der Waals surface area contributed by atoms with Crippen LogP contribution < -0.4 is 5.32 Å². The fraction of sp³-hybridized carbons (Fsp3) is 0.615. The van der Waals surface area contributed by atoms with Crippen molar-refractivity contribution < 1.29 is 9.59 Å². The maximum absolute atomic E-state index is 12.0. The van der Waals surface area contributed by atoms with Gasteiger partial charge in [0.15, 0.2) is 0 Å². The molecule has 0 unspecified atom stereocenters. The molecule has 2 amide bonds. The summed E-state index contributed by atoms with van der Waals surface area (Å²) in [6.45, 7) is 6.84. The summed E-state index contributed by atoms with van der Waals surface area (Å²) in [4.78, 5) is 29.8. The molecule has 0 spiro atoms. The smallest absolute Gasteiger partial charge is 0.225 e. The van der Waals surface area contributed by atoms with Crippen LogP contribution in [0.3, 0.4) is 0 Å². The number of carbonyl (C=O) groups is 2. The van der Waals surface area contributed by atoms with E-state index in [0.717, 1.165) is 10.7 Å². The molecule has 2 rings (SSSR count). The first kappa shape index (κ1) is 14.0. The Kier molecular flexibility index (Phi) is 4.19. The molecule has 1 fully saturated rings. The second-order valence-electron chi connectivity index (χ2n) is 5.14. The molecule has 1 atom stereocenters. The Morgan fingerprint density at radius 1 is 1.63 bits per heavy atom. The Morgan fingerprint density at radius 3 is 2.89 bits per heavy atom. The number of nitrogens with zero attached hydrogens (tertiary/aromatic N) is 2. The molecule has 5 nitrogen and oxygen atoms in total. The van der Waals surface area contributed by atoms with Gasteiger partial charge in [-0.15, -0.1) is 11.3 Å². The van der Waals surface area contributed by atoms with E-state index in [1.165, 1.54) is 11.3 Å². The third-order valence-corrected chi connectivity index (χ3v) is 4.20. The molecule has 0 aromatic carbocycles. The van der Waals surface area contributed by atoms with Gasteiger partial charge >= 0.3 is 0 Å². The highest BCUT2D eigenvalue weighted by molar-refractivity contribution is 7.09. The van der Waals surface area contributed by atoms with Crippen LogP contribution in [0.1, 0.15) is 31.0 Å². The van der Waals surface area contributed by atoms with Gasteiger partial charge in [0.2, 0.25) is 11.8 Å². The van der Waals surface area contributed by atoms with Crippen LogP contribution in [0.15, 0.2) is 5.38 Å². The third kappa shape index (κ3) is 3.32. The predicted molar refractivity (Wildman–Crippen MR) is 73.7 cm³/mol. The van der Waals surface area contributed by atoms with Crippen molar-refractivity contribution in [3.05, 3.63) is 16.1 Å². The van der Waals surface area contributed by atoms with Crippen molar-refractivity contribution in [1.82, 2.24) is 15.2 Å². The van der Waals surface area contributed by atoms with E-state index in [9.17, 15) is 9.59 Å². The average Bonchev–Trinajstić information content (AvgIpc) is 2.92. The maximum atomic E-state index is 12.0. The summed E-state index contributed by atoms with van der Waals surface area (Å²) in [7, 11) is 0. The van der Waals surface area contributed by atoms with Crippen LogP contribution in [0.5, 0.6) is 0 Å². The number of amides is 2. The van der Waals surface area contributed by atoms with E-state index in [1.807, 2.05) is 26.2 Å². The summed E-state index contributed by atoms with van der Waals surface area (Å²) < 4.78 is 0. The highest BCUT2D eigenvalue weighted by Crippen LogP contribution is 2.20. The van der Waals surface area contributed by atoms with Crippen LogP contribution >= 0.6 is 11.3 Å². The minimum absolute atomic E-state index is 0.0515. The Balaban J connectivity index is 1.86. The zero-order chi connectivity index (χ0) is 14.0. The number of thiazole rings is 1. The molecular weight excluding hydrogens is 262 g/mol. The highest BCUT2D eigenvalue weighted by Gasteiger charge is 2.35. The minimum Gasteiger partial charge on any atom is -0.349 e. The van der Waals surface area contributed by atoms with Gasteiger partial charge < -0.3 is 10.2 Å². The fourth-order valence-corrected chi connectivity index (χ4v) is 2.91. The molecule has 1 saturated heterocycles. The number of hydrogen-bond acceptors (Lipinski definition) is 4. The van der Waals surface area contributed by atoms with Crippen LogP contribution in [0.4, 0.5) is 0 Å². The third-order valence-electron chi connectivity index (χ3n) is 3.23. The predicted octanol–water partition coefficient (Wildman–Crippen LogP) is 1.32. The van der Waals surface area contributed by atoms with Gasteiger partial charge in [-0.25, -0.2) is 4.98 Å². The lowest BCUT2D eigenvalue weighted by molar-refractivity contribution is -0.129. The summed E-state index contributed by atoms with van der Waals surface area (Å²) in [5, 5.41) is 5.72. The van der Waals surface area contributed by atoms with Crippen molar-refractivity contribution >= 4 is 23.2 Å². The first-order valence-corrected chi connectivity index (χ1v) is 7.33. The van der Waals surface area contributed by atoms with Gasteiger partial charge in [-0.2, -0.15) is 0 Å². The lowest BCUT2D eigenvalue weighted by Crippen LogP contribution is -2.35. The van der Waals surface area contributed by atoms with Crippen molar-refractivity contribution in [2.45, 2.75) is 39.8 Å². The van der Waals surface area contributed by atoms with Crippen molar-refractivity contribution in [2.24, 2.45) is 5.92 Å². The van der Waals surface area contributed by atoms with Crippen LogP contribution in [0.2, 0.25) is 0 Å². The van der Waals surface area contributed by atoms with E-state index in [0.29, 0.717) is 19.5 Å². The first-order valence-electron chi connectivity index (χ1n) is 6.45. The summed E-state index contributed by atoms with van der Waals surface area (Å²) in [6.07, 6.45) is 0.320. The molecule has 0 aliphatic carbocycles. The highest BCUT2D eigenvalue weighted by atomic mass is 32.1. The standard InChI is InChI=1S/C13H19N3O2S/c1-8(2)16-6-10(4-12(16)17)13(18)14-5-11-15-9(3)7-19-11/h7-8,10H,4-6H2,1-3H3,(H,14,18)/t10-/m0/s1. The SMILES string of the molecule is Cc1csc(CNC(=O)[C@H]2CC(=O)N(C(C)C)C2)n1. The summed E-state index contributed by atoms with van der Waals surface area (Å²) >= 11 is 1.54. The van der Waals surface area contributed by atoms with E-state index in [2.05, 4.69) is 10.3 Å². The molecule has 2 heterocycles. The van der Waals surface area contributed by atoms with E-state index < -0.39 is 0 Å². The lowest BCUT2D eigenvalue weighted by atomic mass is 10.1. The van der Waals surface area contributed by atoms with Crippen LogP contribution in [0, 0.1) is 12.8 Å². The summed E-state index contributed by atoms with van der Waals surface area (Å²) in [6, 6.07) is 0.159. The Morgan fingerprint density at radius 2 is 2.37 bits per heavy atom. The summed E-state index contributed by atoms with van der Waals surface area (Å²) in [5.74, 6) is -0.208. The normalized spacial score (nSPS) is 19.3. The maximum Gasteiger partial charge on any atom is 0.225 e. The molecule has 0 bridgehead atoms. The molecule has 19 heavy (non-hydrogen) atoms. The topological polar surface area (TPSA) is 62.3 Å². The van der Waals surface area contributed by atoms with Gasteiger partial charge in [-0.05, 0) is 20.8 Å². The van der Waals surface area contributed by atoms with E-state index >= 15 is 0 Å². The van der Waals surface area contributed by atoms with Crippen molar-refractivity contribution in [3.8, 4) is 0 Å². The van der Waals surface area contributed by atoms with Crippen LogP contribution in [-0.4, -0.2) is 34.3 Å². The second-order valence-corrected chi connectivity index (χ2v) is 6.08. The van der Waals surface area contributed by atoms with Crippen LogP contribution in [-0.2, 0) is 16.1 Å². The number of nitrogens with one attached hydrogen (secondary N) is 1. The molecule has 1 aliphatic rings. The van der Waals surface area contributed by atoms with Gasteiger partial charge in [-0.1, -0.05) is 0 Å². The molecule has 1 N–H and O–H groups in total. The summed E-state index contributed by atoms with van der Waals surface area (Å²) in [5.41, 5.74) is 0.969. The quantitative estimate of drug-likeness (QED) is 0.905. The molecule has 1 aliphatic heterocycles. The number of aromatic nitrogens is 1. The Hall–Kier alpha value is -1.43. The lowest BCUT2D eigenvalue weighted by Gasteiger charge is -2.20. The number of rotatable bonds is 4.